The van der Waals surface area contributed by atoms with Gasteiger partial charge < -0.3 is 9.55 Å². The zero-order valence-electron chi connectivity index (χ0n) is 22.0. The summed E-state index contributed by atoms with van der Waals surface area (Å²) >= 11 is 1.88. The third kappa shape index (κ3) is 2.76. The number of nitrogens with zero attached hydrogens (tertiary/aromatic N) is 1. The van der Waals surface area contributed by atoms with Crippen LogP contribution in [0, 0.1) is 0 Å². The van der Waals surface area contributed by atoms with Crippen LogP contribution in [-0.2, 0) is 0 Å². The number of benzene rings is 7. The van der Waals surface area contributed by atoms with Gasteiger partial charge in [-0.3, -0.25) is 0 Å². The van der Waals surface area contributed by atoms with Crippen molar-refractivity contribution >= 4 is 96.7 Å². The van der Waals surface area contributed by atoms with Crippen LogP contribution >= 0.6 is 11.3 Å². The standard InChI is InChI=1S/C38H22N2S/c1-2-10-25-24(9-1)35-26-11-3-6-14-30(26)39-37(35)38-36(25)27-12-4-7-15-31(27)40(38)23-19-17-22-18-20-33-34(29(22)21-23)28-13-5-8-16-32(28)41-33/h1-21,39H. The van der Waals surface area contributed by atoms with Crippen molar-refractivity contribution in [1.82, 2.24) is 9.55 Å². The highest BCUT2D eigenvalue weighted by Gasteiger charge is 2.21. The molecule has 0 saturated heterocycles. The van der Waals surface area contributed by atoms with Crippen LogP contribution in [0.1, 0.15) is 0 Å². The number of aromatic nitrogens is 2. The lowest BCUT2D eigenvalue weighted by molar-refractivity contribution is 1.19. The second-order valence-electron chi connectivity index (χ2n) is 11.0. The Labute approximate surface area is 238 Å². The molecule has 0 amide bonds. The predicted molar refractivity (Wildman–Crippen MR) is 178 cm³/mol. The molecule has 190 valence electrons. The number of fused-ring (bicyclic) bond motifs is 15. The molecular formula is C38H22N2S. The third-order valence-corrected chi connectivity index (χ3v) is 10.0. The topological polar surface area (TPSA) is 20.7 Å². The van der Waals surface area contributed by atoms with Gasteiger partial charge in [0.25, 0.3) is 0 Å². The molecule has 3 aromatic heterocycles. The molecule has 1 N–H and O–H groups in total. The summed E-state index contributed by atoms with van der Waals surface area (Å²) in [5.74, 6) is 0. The van der Waals surface area contributed by atoms with Gasteiger partial charge in [-0.25, -0.2) is 0 Å². The quantitative estimate of drug-likeness (QED) is 0.215. The van der Waals surface area contributed by atoms with Crippen LogP contribution in [0.2, 0.25) is 0 Å². The van der Waals surface area contributed by atoms with Crippen molar-refractivity contribution in [1.29, 1.82) is 0 Å². The first-order valence-electron chi connectivity index (χ1n) is 14.0. The van der Waals surface area contributed by atoms with E-state index in [9.17, 15) is 0 Å². The average Bonchev–Trinajstić information content (AvgIpc) is 3.71. The van der Waals surface area contributed by atoms with Gasteiger partial charge in [0.15, 0.2) is 0 Å². The van der Waals surface area contributed by atoms with Crippen LogP contribution in [0.3, 0.4) is 0 Å². The van der Waals surface area contributed by atoms with Crippen molar-refractivity contribution in [3.05, 3.63) is 127 Å². The van der Waals surface area contributed by atoms with E-state index in [1.165, 1.54) is 91.0 Å². The molecule has 2 nitrogen and oxygen atoms in total. The molecule has 7 aromatic carbocycles. The highest BCUT2D eigenvalue weighted by atomic mass is 32.1. The maximum atomic E-state index is 3.85. The fourth-order valence-electron chi connectivity index (χ4n) is 7.21. The highest BCUT2D eigenvalue weighted by molar-refractivity contribution is 7.26. The van der Waals surface area contributed by atoms with Gasteiger partial charge in [-0.1, -0.05) is 91.0 Å². The van der Waals surface area contributed by atoms with Gasteiger partial charge in [0.05, 0.1) is 16.6 Å². The van der Waals surface area contributed by atoms with Gasteiger partial charge >= 0.3 is 0 Å². The van der Waals surface area contributed by atoms with E-state index in [4.69, 9.17) is 0 Å². The molecule has 0 aliphatic heterocycles. The van der Waals surface area contributed by atoms with Crippen molar-refractivity contribution in [3.63, 3.8) is 0 Å². The molecule has 0 fully saturated rings. The summed E-state index contributed by atoms with van der Waals surface area (Å²) in [5, 5.41) is 13.0. The van der Waals surface area contributed by atoms with E-state index in [1.807, 2.05) is 11.3 Å². The third-order valence-electron chi connectivity index (χ3n) is 8.88. The number of para-hydroxylation sites is 2. The normalized spacial score (nSPS) is 12.4. The summed E-state index contributed by atoms with van der Waals surface area (Å²) in [6.45, 7) is 0. The minimum absolute atomic E-state index is 1.17. The molecule has 0 unspecified atom stereocenters. The summed E-state index contributed by atoms with van der Waals surface area (Å²) in [4.78, 5) is 3.85. The monoisotopic (exact) mass is 538 g/mol. The number of hydrogen-bond donors (Lipinski definition) is 1. The zero-order valence-corrected chi connectivity index (χ0v) is 22.8. The Morgan fingerprint density at radius 3 is 2.05 bits per heavy atom. The first-order chi connectivity index (χ1) is 20.3. The van der Waals surface area contributed by atoms with Crippen LogP contribution in [0.25, 0.3) is 91.0 Å². The lowest BCUT2D eigenvalue weighted by Gasteiger charge is -2.12. The molecule has 3 heterocycles. The molecule has 0 saturated carbocycles. The van der Waals surface area contributed by atoms with Crippen LogP contribution in [0.4, 0.5) is 0 Å². The lowest BCUT2D eigenvalue weighted by Crippen LogP contribution is -1.95. The van der Waals surface area contributed by atoms with E-state index < -0.39 is 0 Å². The molecule has 0 aliphatic rings. The molecule has 10 rings (SSSR count). The molecule has 0 radical (unpaired) electrons. The number of nitrogens with one attached hydrogen (secondary N) is 1. The van der Waals surface area contributed by atoms with Crippen LogP contribution < -0.4 is 0 Å². The second kappa shape index (κ2) is 7.75. The number of thiophene rings is 1. The van der Waals surface area contributed by atoms with Crippen molar-refractivity contribution < 1.29 is 0 Å². The van der Waals surface area contributed by atoms with Gasteiger partial charge in [-0.15, -0.1) is 11.3 Å². The molecule has 0 bridgehead atoms. The summed E-state index contributed by atoms with van der Waals surface area (Å²) in [6, 6.07) is 46.8. The SMILES string of the molecule is c1ccc2c(c1)[nH]c1c2c2ccccc2c2c3ccccc3n(-c3ccc4ccc5sc6ccccc6c5c4c3)c12. The van der Waals surface area contributed by atoms with E-state index in [2.05, 4.69) is 137 Å². The number of H-pyrrole nitrogens is 1. The number of rotatable bonds is 1. The number of hydrogen-bond acceptors (Lipinski definition) is 1. The minimum Gasteiger partial charge on any atom is -0.353 e. The van der Waals surface area contributed by atoms with Gasteiger partial charge in [0, 0.05) is 52.9 Å². The van der Waals surface area contributed by atoms with Gasteiger partial charge in [-0.05, 0) is 57.9 Å². The van der Waals surface area contributed by atoms with Gasteiger partial charge in [-0.2, -0.15) is 0 Å². The van der Waals surface area contributed by atoms with E-state index in [0.29, 0.717) is 0 Å². The molecule has 0 aliphatic carbocycles. The Morgan fingerprint density at radius 1 is 0.488 bits per heavy atom. The van der Waals surface area contributed by atoms with Crippen molar-refractivity contribution in [2.45, 2.75) is 0 Å². The Morgan fingerprint density at radius 2 is 1.17 bits per heavy atom. The Balaban J connectivity index is 1.45. The first kappa shape index (κ1) is 21.7. The number of aromatic amines is 1. The van der Waals surface area contributed by atoms with E-state index in [-0.39, 0.29) is 0 Å². The maximum absolute atomic E-state index is 3.85. The fourth-order valence-corrected chi connectivity index (χ4v) is 8.33. The van der Waals surface area contributed by atoms with Gasteiger partial charge in [0.1, 0.15) is 0 Å². The minimum atomic E-state index is 1.17. The molecule has 41 heavy (non-hydrogen) atoms. The summed E-state index contributed by atoms with van der Waals surface area (Å²) in [5.41, 5.74) is 6.00. The summed E-state index contributed by atoms with van der Waals surface area (Å²) in [6.07, 6.45) is 0. The molecule has 3 heteroatoms. The molecule has 0 atom stereocenters. The van der Waals surface area contributed by atoms with Crippen molar-refractivity contribution in [3.8, 4) is 5.69 Å². The van der Waals surface area contributed by atoms with Crippen LogP contribution in [-0.4, -0.2) is 9.55 Å². The highest BCUT2D eigenvalue weighted by Crippen LogP contribution is 2.45. The average molecular weight is 539 g/mol. The largest absolute Gasteiger partial charge is 0.353 e. The van der Waals surface area contributed by atoms with E-state index >= 15 is 0 Å². The second-order valence-corrected chi connectivity index (χ2v) is 12.1. The fraction of sp³-hybridized carbons (Fsp3) is 0. The zero-order chi connectivity index (χ0) is 26.7. The molecule has 0 spiro atoms. The summed E-state index contributed by atoms with van der Waals surface area (Å²) in [7, 11) is 0. The van der Waals surface area contributed by atoms with Gasteiger partial charge in [0.2, 0.25) is 0 Å². The van der Waals surface area contributed by atoms with Crippen molar-refractivity contribution in [2.24, 2.45) is 0 Å². The Bertz CT molecular complexity index is 2700. The summed E-state index contributed by atoms with van der Waals surface area (Å²) < 4.78 is 5.16. The lowest BCUT2D eigenvalue weighted by atomic mass is 9.98. The smallest absolute Gasteiger partial charge is 0.0789 e. The van der Waals surface area contributed by atoms with Crippen LogP contribution in [0.15, 0.2) is 127 Å². The Kier molecular flexibility index (Phi) is 4.10. The molecular weight excluding hydrogens is 516 g/mol. The first-order valence-corrected chi connectivity index (χ1v) is 14.9. The Hall–Kier alpha value is -5.12. The van der Waals surface area contributed by atoms with Crippen LogP contribution in [0.5, 0.6) is 0 Å². The van der Waals surface area contributed by atoms with E-state index in [0.717, 1.165) is 0 Å². The molecule has 10 aromatic rings. The maximum Gasteiger partial charge on any atom is 0.0789 e. The van der Waals surface area contributed by atoms with Crippen molar-refractivity contribution in [2.75, 3.05) is 0 Å². The van der Waals surface area contributed by atoms with E-state index in [1.54, 1.807) is 0 Å². The predicted octanol–water partition coefficient (Wildman–Crippen LogP) is 11.1.